The highest BCUT2D eigenvalue weighted by atomic mass is 19.1. The Hall–Kier alpha value is -5.34. The third-order valence-corrected chi connectivity index (χ3v) is 14.7. The van der Waals surface area contributed by atoms with Crippen molar-refractivity contribution in [1.29, 1.82) is 0 Å². The second kappa shape index (κ2) is 15.5. The molecule has 2 saturated carbocycles. The van der Waals surface area contributed by atoms with Gasteiger partial charge in [-0.2, -0.15) is 5.10 Å². The number of likely N-dealkylation sites (N-methyl/N-ethyl adjacent to an activating group) is 1. The van der Waals surface area contributed by atoms with Crippen molar-refractivity contribution in [3.8, 4) is 5.75 Å². The molecule has 3 atom stereocenters. The summed E-state index contributed by atoms with van der Waals surface area (Å²) in [6, 6.07) is 11.5. The fourth-order valence-corrected chi connectivity index (χ4v) is 11.0. The number of fused-ring (bicyclic) bond motifs is 4. The molecule has 10 rings (SSSR count). The van der Waals surface area contributed by atoms with E-state index in [-0.39, 0.29) is 36.9 Å². The predicted molar refractivity (Wildman–Crippen MR) is 231 cm³/mol. The number of benzene rings is 2. The molecule has 0 unspecified atom stereocenters. The number of rotatable bonds is 13. The summed E-state index contributed by atoms with van der Waals surface area (Å²) in [7, 11) is 3.80. The molecule has 1 spiro atoms. The minimum atomic E-state index is -1.13. The fraction of sp³-hybridized carbons (Fsp3) is 0.511. The molecule has 4 aromatic rings. The number of nitrogens with one attached hydrogen (secondary N) is 3. The van der Waals surface area contributed by atoms with E-state index < -0.39 is 17.6 Å². The number of pyridine rings is 1. The lowest BCUT2D eigenvalue weighted by Gasteiger charge is -2.54. The lowest BCUT2D eigenvalue weighted by Crippen LogP contribution is -2.58. The van der Waals surface area contributed by atoms with Gasteiger partial charge in [-0.05, 0) is 106 Å². The molecule has 13 nitrogen and oxygen atoms in total. The van der Waals surface area contributed by atoms with Gasteiger partial charge in [0, 0.05) is 73.7 Å². The van der Waals surface area contributed by atoms with Crippen molar-refractivity contribution in [3.05, 3.63) is 89.4 Å². The maximum Gasteiger partial charge on any atom is 0.255 e. The van der Waals surface area contributed by atoms with E-state index in [2.05, 4.69) is 73.4 Å². The quantitative estimate of drug-likeness (QED) is 0.113. The average Bonchev–Trinajstić information content (AvgIpc) is 3.60. The van der Waals surface area contributed by atoms with Crippen LogP contribution in [0.4, 0.5) is 15.8 Å². The predicted octanol–water partition coefficient (Wildman–Crippen LogP) is 5.77. The first-order chi connectivity index (χ1) is 29.5. The monoisotopic (exact) mass is 829 g/mol. The Morgan fingerprint density at radius 1 is 1.03 bits per heavy atom. The Balaban J connectivity index is 0.717. The summed E-state index contributed by atoms with van der Waals surface area (Å²) in [5.41, 5.74) is 6.90. The maximum absolute atomic E-state index is 15.4. The Morgan fingerprint density at radius 3 is 2.57 bits per heavy atom. The van der Waals surface area contributed by atoms with Gasteiger partial charge in [0.25, 0.3) is 5.91 Å². The highest BCUT2D eigenvalue weighted by Gasteiger charge is 2.49. The van der Waals surface area contributed by atoms with Crippen molar-refractivity contribution >= 4 is 40.0 Å². The number of methoxy groups -OCH3 is 1. The molecule has 2 aromatic carbocycles. The van der Waals surface area contributed by atoms with Crippen LogP contribution in [0.5, 0.6) is 5.75 Å². The van der Waals surface area contributed by atoms with Crippen LogP contribution in [-0.4, -0.2) is 119 Å². The van der Waals surface area contributed by atoms with Gasteiger partial charge < -0.3 is 24.8 Å². The van der Waals surface area contributed by atoms with E-state index in [1.54, 1.807) is 12.0 Å². The molecule has 14 heteroatoms. The number of nitrogens with zero attached hydrogens (tertiary/aromatic N) is 6. The molecule has 6 aliphatic rings. The van der Waals surface area contributed by atoms with E-state index >= 15 is 4.39 Å². The number of carbonyl (C=O) groups is 3. The van der Waals surface area contributed by atoms with E-state index in [9.17, 15) is 14.4 Å². The van der Waals surface area contributed by atoms with Crippen LogP contribution in [-0.2, 0) is 22.6 Å². The van der Waals surface area contributed by atoms with Crippen molar-refractivity contribution in [2.24, 2.45) is 11.3 Å². The average molecular weight is 830 g/mol. The van der Waals surface area contributed by atoms with Crippen molar-refractivity contribution < 1.29 is 23.5 Å². The van der Waals surface area contributed by atoms with Gasteiger partial charge in [0.2, 0.25) is 11.8 Å². The molecular weight excluding hydrogens is 774 g/mol. The van der Waals surface area contributed by atoms with E-state index in [4.69, 9.17) is 9.72 Å². The van der Waals surface area contributed by atoms with Gasteiger partial charge in [0.05, 0.1) is 54.7 Å². The number of hydrogen-bond donors (Lipinski definition) is 3. The number of amides is 3. The molecule has 0 radical (unpaired) electrons. The maximum atomic E-state index is 15.4. The first-order valence-electron chi connectivity index (χ1n) is 22.0. The summed E-state index contributed by atoms with van der Waals surface area (Å²) in [6.45, 7) is 9.57. The number of imide groups is 1. The van der Waals surface area contributed by atoms with Crippen LogP contribution in [0.15, 0.2) is 61.4 Å². The number of carbonyl (C=O) groups excluding carboxylic acids is 3. The molecular formula is C47H56FN9O4. The Morgan fingerprint density at radius 2 is 1.85 bits per heavy atom. The first kappa shape index (κ1) is 39.8. The molecule has 320 valence electrons. The van der Waals surface area contributed by atoms with Crippen molar-refractivity contribution in [2.45, 2.75) is 88.1 Å². The number of aromatic amines is 1. The molecule has 6 heterocycles. The minimum absolute atomic E-state index is 0.00564. The number of alkyl halides is 1. The number of piperidine rings is 1. The second-order valence-corrected chi connectivity index (χ2v) is 18.7. The van der Waals surface area contributed by atoms with Crippen LogP contribution in [0, 0.1) is 11.3 Å². The van der Waals surface area contributed by atoms with Crippen LogP contribution >= 0.6 is 0 Å². The van der Waals surface area contributed by atoms with Crippen LogP contribution in [0.2, 0.25) is 0 Å². The highest BCUT2D eigenvalue weighted by molar-refractivity contribution is 6.06. The van der Waals surface area contributed by atoms with Gasteiger partial charge in [-0.1, -0.05) is 12.1 Å². The standard InChI is InChI=1S/C47H56FN9O4/c1-4-30-21-34-32(6-9-37-35(34)23-51-53-37)42(57(30)28-47(48)17-18-47)38-8-5-31(22-50-38)55-26-46(27-55)15-13-29(14-16-46)24-54(2)20-19-49-39-10-7-33-36(43(39)61-3)25-56(45(33)60)40-11-12-41(58)52-44(40)59/h4-10,22-23,29-30,40,42,49H,1,11-21,24-28H2,2-3H3,(H,51,53)(H,52,58,59)/t30-,40+,42+/m1/s1. The third-order valence-electron chi connectivity index (χ3n) is 14.7. The summed E-state index contributed by atoms with van der Waals surface area (Å²) in [5, 5.41) is 14.5. The van der Waals surface area contributed by atoms with Crippen LogP contribution < -0.4 is 20.3 Å². The van der Waals surface area contributed by atoms with Gasteiger partial charge in [-0.15, -0.1) is 6.58 Å². The van der Waals surface area contributed by atoms with Crippen LogP contribution in [0.1, 0.15) is 90.2 Å². The normalized spacial score (nSPS) is 24.5. The van der Waals surface area contributed by atoms with Crippen molar-refractivity contribution in [2.75, 3.05) is 63.6 Å². The molecule has 61 heavy (non-hydrogen) atoms. The fourth-order valence-electron chi connectivity index (χ4n) is 11.0. The second-order valence-electron chi connectivity index (χ2n) is 18.7. The van der Waals surface area contributed by atoms with Crippen molar-refractivity contribution in [1.82, 2.24) is 35.2 Å². The molecule has 0 bridgehead atoms. The van der Waals surface area contributed by atoms with Crippen LogP contribution in [0.25, 0.3) is 10.9 Å². The number of anilines is 2. The lowest BCUT2D eigenvalue weighted by molar-refractivity contribution is -0.136. The summed E-state index contributed by atoms with van der Waals surface area (Å²) in [4.78, 5) is 51.3. The van der Waals surface area contributed by atoms with Gasteiger partial charge in [-0.25, -0.2) is 4.39 Å². The molecule has 4 aliphatic heterocycles. The van der Waals surface area contributed by atoms with Crippen LogP contribution in [0.3, 0.4) is 0 Å². The molecule has 4 fully saturated rings. The zero-order valence-corrected chi connectivity index (χ0v) is 35.2. The SMILES string of the molecule is C=C[C@@H]1Cc2c(ccc3[nH]ncc23)[C@@H](c2ccc(N3CC4(CCC(CN(C)CCNc5ccc6c(c5OC)CN([C@H]5CCC(=O)NC5=O)C6=O)CC4)C3)cn2)N1CC1(F)CC1. The molecule has 2 saturated heterocycles. The molecule has 3 N–H and O–H groups in total. The Kier molecular flexibility index (Phi) is 10.1. The van der Waals surface area contributed by atoms with E-state index in [1.165, 1.54) is 36.8 Å². The van der Waals surface area contributed by atoms with E-state index in [0.29, 0.717) is 48.5 Å². The van der Waals surface area contributed by atoms with Gasteiger partial charge in [0.1, 0.15) is 17.5 Å². The Labute approximate surface area is 356 Å². The number of H-pyrrole nitrogens is 1. The highest BCUT2D eigenvalue weighted by Crippen LogP contribution is 2.49. The van der Waals surface area contributed by atoms with Gasteiger partial charge >= 0.3 is 0 Å². The number of halogens is 1. The largest absolute Gasteiger partial charge is 0.494 e. The van der Waals surface area contributed by atoms with Gasteiger partial charge in [0.15, 0.2) is 0 Å². The topological polar surface area (TPSA) is 139 Å². The minimum Gasteiger partial charge on any atom is -0.494 e. The van der Waals surface area contributed by atoms with E-state index in [1.807, 2.05) is 30.6 Å². The summed E-state index contributed by atoms with van der Waals surface area (Å²) in [6.07, 6.45) is 13.4. The summed E-state index contributed by atoms with van der Waals surface area (Å²) in [5.74, 6) is 0.359. The Bertz CT molecular complexity index is 2360. The summed E-state index contributed by atoms with van der Waals surface area (Å²) < 4.78 is 21.2. The smallest absolute Gasteiger partial charge is 0.255 e. The number of hydrogen-bond acceptors (Lipinski definition) is 10. The third kappa shape index (κ3) is 7.34. The van der Waals surface area contributed by atoms with Gasteiger partial charge in [-0.3, -0.25) is 34.7 Å². The molecule has 3 amide bonds. The van der Waals surface area contributed by atoms with Crippen molar-refractivity contribution in [3.63, 3.8) is 0 Å². The molecule has 2 aliphatic carbocycles. The number of ether oxygens (including phenoxy) is 1. The number of aromatic nitrogens is 3. The first-order valence-corrected chi connectivity index (χ1v) is 22.0. The van der Waals surface area contributed by atoms with E-state index in [0.717, 1.165) is 72.7 Å². The molecule has 2 aromatic heterocycles. The zero-order valence-electron chi connectivity index (χ0n) is 35.2. The zero-order chi connectivity index (χ0) is 42.0. The lowest BCUT2D eigenvalue weighted by atomic mass is 9.65. The summed E-state index contributed by atoms with van der Waals surface area (Å²) >= 11 is 0.